The highest BCUT2D eigenvalue weighted by Gasteiger charge is 2.40. The molecule has 1 aromatic heterocycles. The van der Waals surface area contributed by atoms with E-state index in [1.807, 2.05) is 32.0 Å². The molecule has 152 valence electrons. The van der Waals surface area contributed by atoms with E-state index in [1.54, 1.807) is 24.3 Å². The number of carboxylic acid groups (broad SMARTS) is 1. The average molecular weight is 403 g/mol. The number of aromatic carboxylic acids is 1. The Morgan fingerprint density at radius 3 is 2.60 bits per heavy atom. The van der Waals surface area contributed by atoms with E-state index in [0.717, 1.165) is 16.8 Å². The van der Waals surface area contributed by atoms with Crippen LogP contribution in [0.2, 0.25) is 0 Å². The summed E-state index contributed by atoms with van der Waals surface area (Å²) in [5.41, 5.74) is 3.71. The maximum Gasteiger partial charge on any atom is 0.335 e. The van der Waals surface area contributed by atoms with Gasteiger partial charge in [-0.25, -0.2) is 4.79 Å². The van der Waals surface area contributed by atoms with E-state index in [0.29, 0.717) is 17.1 Å². The van der Waals surface area contributed by atoms with Gasteiger partial charge in [0.1, 0.15) is 17.4 Å². The summed E-state index contributed by atoms with van der Waals surface area (Å²) in [6, 6.07) is 15.6. The number of hydrogen-bond donors (Lipinski definition) is 1. The molecule has 1 unspecified atom stereocenters. The molecule has 0 bridgehead atoms. The van der Waals surface area contributed by atoms with Gasteiger partial charge in [0, 0.05) is 17.7 Å². The number of amides is 1. The normalized spacial score (nSPS) is 16.3. The zero-order valence-electron chi connectivity index (χ0n) is 16.7. The first-order valence-electron chi connectivity index (χ1n) is 9.67. The minimum Gasteiger partial charge on any atom is -0.478 e. The van der Waals surface area contributed by atoms with Gasteiger partial charge in [0.25, 0.3) is 0 Å². The second-order valence-electron chi connectivity index (χ2n) is 7.57. The number of nitrogens with zero attached hydrogens (tertiary/aromatic N) is 1. The molecule has 1 amide bonds. The molecule has 2 heterocycles. The van der Waals surface area contributed by atoms with Crippen molar-refractivity contribution in [2.24, 2.45) is 5.92 Å². The fraction of sp³-hybridized carbons (Fsp3) is 0.208. The van der Waals surface area contributed by atoms with E-state index < -0.39 is 11.9 Å². The van der Waals surface area contributed by atoms with E-state index in [1.165, 1.54) is 17.0 Å². The van der Waals surface area contributed by atoms with Gasteiger partial charge in [-0.2, -0.15) is 0 Å². The van der Waals surface area contributed by atoms with E-state index in [2.05, 4.69) is 0 Å². The van der Waals surface area contributed by atoms with E-state index >= 15 is 0 Å². The molecule has 0 spiro atoms. The first kappa shape index (κ1) is 19.6. The number of benzene rings is 2. The second-order valence-corrected chi connectivity index (χ2v) is 7.57. The van der Waals surface area contributed by atoms with Crippen molar-refractivity contribution in [2.45, 2.75) is 20.3 Å². The number of hydrogen-bond acceptors (Lipinski definition) is 4. The summed E-state index contributed by atoms with van der Waals surface area (Å²) >= 11 is 0. The van der Waals surface area contributed by atoms with Gasteiger partial charge in [-0.15, -0.1) is 0 Å². The third kappa shape index (κ3) is 3.64. The molecular formula is C24H21NO5. The van der Waals surface area contributed by atoms with Crippen LogP contribution in [-0.2, 0) is 16.0 Å². The Morgan fingerprint density at radius 1 is 1.07 bits per heavy atom. The number of carbonyl (C=O) groups is 3. The molecule has 4 rings (SSSR count). The van der Waals surface area contributed by atoms with Crippen molar-refractivity contribution >= 4 is 23.3 Å². The Hall–Kier alpha value is -3.67. The highest BCUT2D eigenvalue weighted by molar-refractivity contribution is 6.17. The summed E-state index contributed by atoms with van der Waals surface area (Å²) in [6.07, 6.45) is 0.178. The molecule has 1 aliphatic heterocycles. The lowest BCUT2D eigenvalue weighted by molar-refractivity contribution is -0.126. The summed E-state index contributed by atoms with van der Waals surface area (Å²) in [5.74, 6) is -1.15. The van der Waals surface area contributed by atoms with E-state index in [4.69, 9.17) is 9.52 Å². The Labute approximate surface area is 173 Å². The van der Waals surface area contributed by atoms with Crippen LogP contribution in [0.1, 0.15) is 27.2 Å². The number of carboxylic acids is 1. The smallest absolute Gasteiger partial charge is 0.335 e. The van der Waals surface area contributed by atoms with E-state index in [9.17, 15) is 14.4 Å². The molecular weight excluding hydrogens is 382 g/mol. The molecule has 0 saturated carbocycles. The minimum absolute atomic E-state index is 0.0558. The summed E-state index contributed by atoms with van der Waals surface area (Å²) in [7, 11) is 0. The first-order chi connectivity index (χ1) is 14.3. The molecule has 1 saturated heterocycles. The zero-order chi connectivity index (χ0) is 21.4. The maximum atomic E-state index is 12.9. The molecule has 6 heteroatoms. The van der Waals surface area contributed by atoms with Crippen molar-refractivity contribution < 1.29 is 23.9 Å². The summed E-state index contributed by atoms with van der Waals surface area (Å²) < 4.78 is 5.82. The van der Waals surface area contributed by atoms with Gasteiger partial charge in [0.2, 0.25) is 5.91 Å². The monoisotopic (exact) mass is 403 g/mol. The van der Waals surface area contributed by atoms with E-state index in [-0.39, 0.29) is 30.2 Å². The van der Waals surface area contributed by atoms with Gasteiger partial charge in [0.05, 0.1) is 12.1 Å². The van der Waals surface area contributed by atoms with Gasteiger partial charge in [0.15, 0.2) is 5.78 Å². The number of rotatable bonds is 5. The predicted molar refractivity (Wildman–Crippen MR) is 112 cm³/mol. The average Bonchev–Trinajstić information content (AvgIpc) is 3.30. The van der Waals surface area contributed by atoms with Crippen LogP contribution >= 0.6 is 0 Å². The number of aryl methyl sites for hydroxylation is 2. The fourth-order valence-electron chi connectivity index (χ4n) is 3.63. The molecule has 1 atom stereocenters. The molecule has 1 N–H and O–H groups in total. The summed E-state index contributed by atoms with van der Waals surface area (Å²) in [5, 5.41) is 9.15. The number of carbonyl (C=O) groups excluding carboxylic acids is 2. The van der Waals surface area contributed by atoms with Crippen LogP contribution in [0, 0.1) is 19.8 Å². The summed E-state index contributed by atoms with van der Waals surface area (Å²) in [4.78, 5) is 38.2. The second kappa shape index (κ2) is 7.63. The van der Waals surface area contributed by atoms with Crippen molar-refractivity contribution in [3.8, 4) is 11.3 Å². The van der Waals surface area contributed by atoms with Crippen molar-refractivity contribution in [1.82, 2.24) is 0 Å². The third-order valence-electron chi connectivity index (χ3n) is 5.53. The number of Topliss-reactive ketones (excluding diaryl/α,β-unsaturated/α-hetero) is 1. The molecule has 1 aliphatic rings. The Bertz CT molecular complexity index is 1160. The van der Waals surface area contributed by atoms with Gasteiger partial charge < -0.3 is 14.4 Å². The van der Waals surface area contributed by atoms with Crippen LogP contribution in [-0.4, -0.2) is 29.3 Å². The van der Waals surface area contributed by atoms with Gasteiger partial charge in [-0.1, -0.05) is 18.2 Å². The lowest BCUT2D eigenvalue weighted by atomic mass is 10.0. The standard InChI is InChI=1S/C24H21NO5/c1-14-6-7-18(10-15(14)2)25-13-21(26)20(23(25)27)12-19-8-9-22(30-19)16-4-3-5-17(11-16)24(28)29/h3-11,20H,12-13H2,1-2H3,(H,28,29). The Morgan fingerprint density at radius 2 is 1.87 bits per heavy atom. The van der Waals surface area contributed by atoms with Crippen molar-refractivity contribution in [1.29, 1.82) is 0 Å². The predicted octanol–water partition coefficient (Wildman–Crippen LogP) is 4.04. The molecule has 0 radical (unpaired) electrons. The molecule has 30 heavy (non-hydrogen) atoms. The molecule has 3 aromatic rings. The van der Waals surface area contributed by atoms with Crippen LogP contribution in [0.3, 0.4) is 0 Å². The first-order valence-corrected chi connectivity index (χ1v) is 9.67. The zero-order valence-corrected chi connectivity index (χ0v) is 16.7. The largest absolute Gasteiger partial charge is 0.478 e. The van der Waals surface area contributed by atoms with Gasteiger partial charge in [-0.3, -0.25) is 9.59 Å². The van der Waals surface area contributed by atoms with Gasteiger partial charge in [-0.05, 0) is 61.4 Å². The molecule has 2 aromatic carbocycles. The molecule has 0 aliphatic carbocycles. The number of anilines is 1. The van der Waals surface area contributed by atoms with Crippen molar-refractivity contribution in [2.75, 3.05) is 11.4 Å². The minimum atomic E-state index is -1.02. The fourth-order valence-corrected chi connectivity index (χ4v) is 3.63. The maximum absolute atomic E-state index is 12.9. The van der Waals surface area contributed by atoms with Crippen LogP contribution < -0.4 is 4.90 Å². The van der Waals surface area contributed by atoms with Crippen LogP contribution in [0.4, 0.5) is 5.69 Å². The quantitative estimate of drug-likeness (QED) is 0.650. The van der Waals surface area contributed by atoms with Crippen LogP contribution in [0.15, 0.2) is 59.0 Å². The molecule has 6 nitrogen and oxygen atoms in total. The number of ketones is 1. The lowest BCUT2D eigenvalue weighted by Crippen LogP contribution is -2.27. The van der Waals surface area contributed by atoms with Crippen molar-refractivity contribution in [3.05, 3.63) is 77.0 Å². The Kier molecular flexibility index (Phi) is 4.99. The molecule has 1 fully saturated rings. The van der Waals surface area contributed by atoms with Crippen molar-refractivity contribution in [3.63, 3.8) is 0 Å². The highest BCUT2D eigenvalue weighted by Crippen LogP contribution is 2.29. The lowest BCUT2D eigenvalue weighted by Gasteiger charge is -2.17. The highest BCUT2D eigenvalue weighted by atomic mass is 16.4. The van der Waals surface area contributed by atoms with Gasteiger partial charge >= 0.3 is 5.97 Å². The van der Waals surface area contributed by atoms with Crippen LogP contribution in [0.25, 0.3) is 11.3 Å². The van der Waals surface area contributed by atoms with Crippen LogP contribution in [0.5, 0.6) is 0 Å². The topological polar surface area (TPSA) is 87.8 Å². The Balaban J connectivity index is 1.53. The third-order valence-corrected chi connectivity index (χ3v) is 5.53. The SMILES string of the molecule is Cc1ccc(N2CC(=O)C(Cc3ccc(-c4cccc(C(=O)O)c4)o3)C2=O)cc1C. The number of furan rings is 1. The summed E-state index contributed by atoms with van der Waals surface area (Å²) in [6.45, 7) is 4.03.